The van der Waals surface area contributed by atoms with Crippen LogP contribution in [0.25, 0.3) is 0 Å². The second-order valence-corrected chi connectivity index (χ2v) is 4.56. The van der Waals surface area contributed by atoms with E-state index in [0.717, 1.165) is 25.1 Å². The van der Waals surface area contributed by atoms with Gasteiger partial charge >= 0.3 is 0 Å². The lowest BCUT2D eigenvalue weighted by molar-refractivity contribution is 0.297. The van der Waals surface area contributed by atoms with Crippen molar-refractivity contribution in [2.45, 2.75) is 26.3 Å². The molecule has 1 heterocycles. The number of imidazole rings is 1. The van der Waals surface area contributed by atoms with E-state index in [2.05, 4.69) is 41.3 Å². The highest BCUT2D eigenvalue weighted by Crippen LogP contribution is 2.24. The predicted octanol–water partition coefficient (Wildman–Crippen LogP) is 3.39. The number of ether oxygens (including phenoxy) is 1. The van der Waals surface area contributed by atoms with E-state index in [1.54, 1.807) is 6.20 Å². The lowest BCUT2D eigenvalue weighted by Gasteiger charge is -2.13. The highest BCUT2D eigenvalue weighted by molar-refractivity contribution is 5.41. The lowest BCUT2D eigenvalue weighted by Crippen LogP contribution is -2.05. The van der Waals surface area contributed by atoms with Gasteiger partial charge in [-0.1, -0.05) is 24.3 Å². The Morgan fingerprint density at radius 1 is 1.42 bits per heavy atom. The molecule has 0 amide bonds. The van der Waals surface area contributed by atoms with Gasteiger partial charge in [-0.2, -0.15) is 0 Å². The van der Waals surface area contributed by atoms with Crippen LogP contribution in [0, 0.1) is 6.92 Å². The van der Waals surface area contributed by atoms with Gasteiger partial charge in [-0.3, -0.25) is 0 Å². The molecule has 100 valence electrons. The SMILES string of the molecule is C=CCc1cccc(C)c1OCCCn1ccnc1. The molecule has 19 heavy (non-hydrogen) atoms. The summed E-state index contributed by atoms with van der Waals surface area (Å²) >= 11 is 0. The first kappa shape index (κ1) is 13.4. The summed E-state index contributed by atoms with van der Waals surface area (Å²) in [5.74, 6) is 1.01. The number of hydrogen-bond donors (Lipinski definition) is 0. The maximum atomic E-state index is 5.94. The minimum atomic E-state index is 0.715. The van der Waals surface area contributed by atoms with Gasteiger partial charge in [0, 0.05) is 18.9 Å². The molecule has 0 aliphatic carbocycles. The molecular weight excluding hydrogens is 236 g/mol. The number of para-hydroxylation sites is 1. The van der Waals surface area contributed by atoms with E-state index in [1.807, 2.05) is 18.6 Å². The van der Waals surface area contributed by atoms with Gasteiger partial charge in [-0.05, 0) is 30.9 Å². The van der Waals surface area contributed by atoms with Crippen LogP contribution in [0.4, 0.5) is 0 Å². The largest absolute Gasteiger partial charge is 0.493 e. The van der Waals surface area contributed by atoms with Crippen LogP contribution in [0.3, 0.4) is 0 Å². The third kappa shape index (κ3) is 3.71. The van der Waals surface area contributed by atoms with E-state index in [1.165, 1.54) is 11.1 Å². The van der Waals surface area contributed by atoms with Gasteiger partial charge in [-0.15, -0.1) is 6.58 Å². The molecule has 0 saturated heterocycles. The Hall–Kier alpha value is -2.03. The van der Waals surface area contributed by atoms with Crippen molar-refractivity contribution in [3.8, 4) is 5.75 Å². The summed E-state index contributed by atoms with van der Waals surface area (Å²) in [7, 11) is 0. The van der Waals surface area contributed by atoms with Gasteiger partial charge < -0.3 is 9.30 Å². The molecule has 0 aliphatic heterocycles. The van der Waals surface area contributed by atoms with Crippen molar-refractivity contribution in [3.63, 3.8) is 0 Å². The van der Waals surface area contributed by atoms with E-state index in [4.69, 9.17) is 4.74 Å². The average molecular weight is 256 g/mol. The number of aromatic nitrogens is 2. The monoisotopic (exact) mass is 256 g/mol. The Labute approximate surface area is 114 Å². The molecule has 2 rings (SSSR count). The molecule has 0 spiro atoms. The summed E-state index contributed by atoms with van der Waals surface area (Å²) < 4.78 is 8.00. The average Bonchev–Trinajstić information content (AvgIpc) is 2.90. The fraction of sp³-hybridized carbons (Fsp3) is 0.312. The Kier molecular flexibility index (Phi) is 4.78. The van der Waals surface area contributed by atoms with Crippen molar-refractivity contribution >= 4 is 0 Å². The van der Waals surface area contributed by atoms with Crippen LogP contribution in [0.1, 0.15) is 17.5 Å². The first-order valence-corrected chi connectivity index (χ1v) is 6.59. The topological polar surface area (TPSA) is 27.1 Å². The van der Waals surface area contributed by atoms with E-state index in [0.29, 0.717) is 6.61 Å². The third-order valence-corrected chi connectivity index (χ3v) is 3.02. The summed E-state index contributed by atoms with van der Waals surface area (Å²) in [6, 6.07) is 6.24. The van der Waals surface area contributed by atoms with E-state index in [9.17, 15) is 0 Å². The van der Waals surface area contributed by atoms with Crippen LogP contribution in [0.5, 0.6) is 5.75 Å². The van der Waals surface area contributed by atoms with Crippen molar-refractivity contribution in [2.24, 2.45) is 0 Å². The first-order valence-electron chi connectivity index (χ1n) is 6.59. The van der Waals surface area contributed by atoms with Crippen molar-refractivity contribution in [1.29, 1.82) is 0 Å². The first-order chi connectivity index (χ1) is 9.31. The predicted molar refractivity (Wildman–Crippen MR) is 77.4 cm³/mol. The van der Waals surface area contributed by atoms with Crippen molar-refractivity contribution in [3.05, 3.63) is 60.7 Å². The van der Waals surface area contributed by atoms with Crippen LogP contribution in [0.2, 0.25) is 0 Å². The maximum Gasteiger partial charge on any atom is 0.125 e. The van der Waals surface area contributed by atoms with Crippen LogP contribution >= 0.6 is 0 Å². The van der Waals surface area contributed by atoms with Crippen molar-refractivity contribution < 1.29 is 4.74 Å². The molecule has 2 aromatic rings. The molecule has 0 bridgehead atoms. The Balaban J connectivity index is 1.89. The number of hydrogen-bond acceptors (Lipinski definition) is 2. The molecule has 0 radical (unpaired) electrons. The fourth-order valence-corrected chi connectivity index (χ4v) is 2.08. The molecule has 0 saturated carbocycles. The zero-order valence-corrected chi connectivity index (χ0v) is 11.4. The molecule has 3 nitrogen and oxygen atoms in total. The molecule has 0 unspecified atom stereocenters. The zero-order chi connectivity index (χ0) is 13.5. The maximum absolute atomic E-state index is 5.94. The van der Waals surface area contributed by atoms with Gasteiger partial charge in [0.15, 0.2) is 0 Å². The third-order valence-electron chi connectivity index (χ3n) is 3.02. The number of rotatable bonds is 7. The Morgan fingerprint density at radius 3 is 3.05 bits per heavy atom. The molecule has 1 aromatic carbocycles. The summed E-state index contributed by atoms with van der Waals surface area (Å²) in [6.07, 6.45) is 9.32. The zero-order valence-electron chi connectivity index (χ0n) is 11.4. The number of allylic oxidation sites excluding steroid dienone is 1. The van der Waals surface area contributed by atoms with Crippen LogP contribution in [-0.2, 0) is 13.0 Å². The van der Waals surface area contributed by atoms with Crippen molar-refractivity contribution in [2.75, 3.05) is 6.61 Å². The van der Waals surface area contributed by atoms with Gasteiger partial charge in [0.05, 0.1) is 12.9 Å². The van der Waals surface area contributed by atoms with Crippen LogP contribution in [0.15, 0.2) is 49.6 Å². The second-order valence-electron chi connectivity index (χ2n) is 4.56. The standard InChI is InChI=1S/C16H20N2O/c1-3-6-15-8-4-7-14(2)16(15)19-12-5-10-18-11-9-17-13-18/h3-4,7-9,11,13H,1,5-6,10,12H2,2H3. The van der Waals surface area contributed by atoms with Gasteiger partial charge in [-0.25, -0.2) is 4.98 Å². The van der Waals surface area contributed by atoms with E-state index in [-0.39, 0.29) is 0 Å². The summed E-state index contributed by atoms with van der Waals surface area (Å²) in [4.78, 5) is 4.02. The highest BCUT2D eigenvalue weighted by atomic mass is 16.5. The summed E-state index contributed by atoms with van der Waals surface area (Å²) in [5, 5.41) is 0. The van der Waals surface area contributed by atoms with E-state index < -0.39 is 0 Å². The molecular formula is C16H20N2O. The molecule has 1 aromatic heterocycles. The molecule has 0 fully saturated rings. The van der Waals surface area contributed by atoms with Crippen LogP contribution in [-0.4, -0.2) is 16.2 Å². The Morgan fingerprint density at radius 2 is 2.32 bits per heavy atom. The number of nitrogens with zero attached hydrogens (tertiary/aromatic N) is 2. The molecule has 0 atom stereocenters. The summed E-state index contributed by atoms with van der Waals surface area (Å²) in [5.41, 5.74) is 2.39. The highest BCUT2D eigenvalue weighted by Gasteiger charge is 2.05. The van der Waals surface area contributed by atoms with E-state index >= 15 is 0 Å². The van der Waals surface area contributed by atoms with Gasteiger partial charge in [0.25, 0.3) is 0 Å². The van der Waals surface area contributed by atoms with Gasteiger partial charge in [0.1, 0.15) is 5.75 Å². The molecule has 0 aliphatic rings. The second kappa shape index (κ2) is 6.78. The number of aryl methyl sites for hydroxylation is 2. The Bertz CT molecular complexity index is 518. The minimum absolute atomic E-state index is 0.715. The minimum Gasteiger partial charge on any atom is -0.493 e. The quantitative estimate of drug-likeness (QED) is 0.561. The molecule has 3 heteroatoms. The van der Waals surface area contributed by atoms with Crippen LogP contribution < -0.4 is 4.74 Å². The summed E-state index contributed by atoms with van der Waals surface area (Å²) in [6.45, 7) is 7.52. The van der Waals surface area contributed by atoms with Gasteiger partial charge in [0.2, 0.25) is 0 Å². The van der Waals surface area contributed by atoms with Crippen molar-refractivity contribution in [1.82, 2.24) is 9.55 Å². The smallest absolute Gasteiger partial charge is 0.125 e. The number of benzene rings is 1. The normalized spacial score (nSPS) is 10.4. The molecule has 0 N–H and O–H groups in total. The lowest BCUT2D eigenvalue weighted by atomic mass is 10.1. The fourth-order valence-electron chi connectivity index (χ4n) is 2.08.